The number of hydrogen-bond acceptors (Lipinski definition) is 6. The Hall–Kier alpha value is -3.40. The highest BCUT2D eigenvalue weighted by atomic mass is 32.2. The third kappa shape index (κ3) is 4.31. The molecule has 0 saturated heterocycles. The summed E-state index contributed by atoms with van der Waals surface area (Å²) in [7, 11) is -2.53. The van der Waals surface area contributed by atoms with Crippen LogP contribution in [0.5, 0.6) is 5.88 Å². The lowest BCUT2D eigenvalue weighted by molar-refractivity contribution is 0.256. The van der Waals surface area contributed by atoms with Gasteiger partial charge in [-0.3, -0.25) is 4.68 Å². The van der Waals surface area contributed by atoms with Gasteiger partial charge in [-0.25, -0.2) is 22.9 Å². The van der Waals surface area contributed by atoms with Gasteiger partial charge in [0.15, 0.2) is 0 Å². The maximum Gasteiger partial charge on any atom is 0.333 e. The molecule has 2 aromatic heterocycles. The third-order valence-electron chi connectivity index (χ3n) is 5.42. The normalized spacial score (nSPS) is 13.1. The monoisotopic (exact) mass is 455 g/mol. The summed E-state index contributed by atoms with van der Waals surface area (Å²) in [6, 6.07) is 6.74. The Morgan fingerprint density at radius 2 is 2.03 bits per heavy atom. The van der Waals surface area contributed by atoms with E-state index in [0.717, 1.165) is 41.5 Å². The maximum absolute atomic E-state index is 12.8. The Morgan fingerprint density at radius 3 is 2.75 bits per heavy atom. The van der Waals surface area contributed by atoms with Crippen molar-refractivity contribution in [2.24, 2.45) is 0 Å². The molecule has 0 atom stereocenters. The SMILES string of the molecule is COc1cc(-c2ccc3c(c2NC(=O)NS(=O)(=O)c2cnn(C(C)C)c2)CCC3)ccn1. The number of nitrogens with one attached hydrogen (secondary N) is 2. The summed E-state index contributed by atoms with van der Waals surface area (Å²) in [6.45, 7) is 3.77. The second kappa shape index (κ2) is 8.62. The Kier molecular flexibility index (Phi) is 5.88. The molecule has 3 aromatic rings. The van der Waals surface area contributed by atoms with Crippen LogP contribution >= 0.6 is 0 Å². The van der Waals surface area contributed by atoms with Crippen molar-refractivity contribution in [3.05, 3.63) is 54.0 Å². The van der Waals surface area contributed by atoms with E-state index in [4.69, 9.17) is 4.74 Å². The first-order chi connectivity index (χ1) is 15.3. The number of nitrogens with zero attached hydrogens (tertiary/aromatic N) is 3. The highest BCUT2D eigenvalue weighted by Gasteiger charge is 2.24. The predicted molar refractivity (Wildman–Crippen MR) is 120 cm³/mol. The second-order valence-corrected chi connectivity index (χ2v) is 9.56. The number of pyridine rings is 1. The lowest BCUT2D eigenvalue weighted by atomic mass is 9.98. The van der Waals surface area contributed by atoms with Gasteiger partial charge >= 0.3 is 6.03 Å². The predicted octanol–water partition coefficient (Wildman–Crippen LogP) is 3.53. The Bertz CT molecular complexity index is 1270. The average Bonchev–Trinajstić information content (AvgIpc) is 3.44. The van der Waals surface area contributed by atoms with E-state index in [9.17, 15) is 13.2 Å². The second-order valence-electron chi connectivity index (χ2n) is 7.88. The van der Waals surface area contributed by atoms with Crippen molar-refractivity contribution >= 4 is 21.7 Å². The first-order valence-corrected chi connectivity index (χ1v) is 11.8. The number of aryl methyl sites for hydroxylation is 1. The van der Waals surface area contributed by atoms with Crippen molar-refractivity contribution in [3.8, 4) is 17.0 Å². The zero-order valence-electron chi connectivity index (χ0n) is 18.1. The molecule has 9 nitrogen and oxygen atoms in total. The molecule has 1 aromatic carbocycles. The van der Waals surface area contributed by atoms with E-state index in [1.54, 1.807) is 12.3 Å². The minimum atomic E-state index is -4.07. The van der Waals surface area contributed by atoms with E-state index in [1.165, 1.54) is 24.2 Å². The van der Waals surface area contributed by atoms with E-state index in [1.807, 2.05) is 32.0 Å². The van der Waals surface area contributed by atoms with Gasteiger partial charge in [0, 0.05) is 30.1 Å². The quantitative estimate of drug-likeness (QED) is 0.588. The summed E-state index contributed by atoms with van der Waals surface area (Å²) >= 11 is 0. The van der Waals surface area contributed by atoms with Gasteiger partial charge in [-0.05, 0) is 55.9 Å². The van der Waals surface area contributed by atoms with Gasteiger partial charge in [-0.2, -0.15) is 5.10 Å². The number of urea groups is 1. The molecule has 0 bridgehead atoms. The van der Waals surface area contributed by atoms with Crippen LogP contribution in [0.1, 0.15) is 37.4 Å². The van der Waals surface area contributed by atoms with Crippen LogP contribution in [0.4, 0.5) is 10.5 Å². The van der Waals surface area contributed by atoms with Crippen molar-refractivity contribution in [3.63, 3.8) is 0 Å². The molecule has 0 aliphatic heterocycles. The highest BCUT2D eigenvalue weighted by Crippen LogP contribution is 2.38. The number of amides is 2. The van der Waals surface area contributed by atoms with Crippen LogP contribution < -0.4 is 14.8 Å². The van der Waals surface area contributed by atoms with Gasteiger partial charge in [-0.1, -0.05) is 12.1 Å². The molecule has 0 spiro atoms. The van der Waals surface area contributed by atoms with Gasteiger partial charge in [-0.15, -0.1) is 0 Å². The standard InChI is InChI=1S/C22H25N5O4S/c1-14(2)27-13-17(12-24-27)32(29,30)26-22(28)25-21-18-6-4-5-15(18)7-8-19(21)16-9-10-23-20(11-16)31-3/h7-14H,4-6H2,1-3H3,(H2,25,26,28). The summed E-state index contributed by atoms with van der Waals surface area (Å²) in [5.74, 6) is 0.447. The number of methoxy groups -OCH3 is 1. The van der Waals surface area contributed by atoms with E-state index < -0.39 is 16.1 Å². The third-order valence-corrected chi connectivity index (χ3v) is 6.71. The first-order valence-electron chi connectivity index (χ1n) is 10.3. The molecule has 0 radical (unpaired) electrons. The molecule has 10 heteroatoms. The van der Waals surface area contributed by atoms with Crippen LogP contribution in [0.2, 0.25) is 0 Å². The fourth-order valence-corrected chi connectivity index (χ4v) is 4.65. The molecular weight excluding hydrogens is 430 g/mol. The summed E-state index contributed by atoms with van der Waals surface area (Å²) in [5.41, 5.74) is 4.33. The van der Waals surface area contributed by atoms with Crippen LogP contribution in [0.25, 0.3) is 11.1 Å². The summed E-state index contributed by atoms with van der Waals surface area (Å²) < 4.78 is 34.2. The Labute approximate surface area is 186 Å². The van der Waals surface area contributed by atoms with E-state index in [-0.39, 0.29) is 10.9 Å². The number of rotatable bonds is 6. The molecule has 1 aliphatic carbocycles. The lowest BCUT2D eigenvalue weighted by Gasteiger charge is -2.17. The van der Waals surface area contributed by atoms with Gasteiger partial charge in [0.25, 0.3) is 10.0 Å². The number of fused-ring (bicyclic) bond motifs is 1. The number of ether oxygens (including phenoxy) is 1. The van der Waals surface area contributed by atoms with Crippen molar-refractivity contribution < 1.29 is 17.9 Å². The summed E-state index contributed by atoms with van der Waals surface area (Å²) in [6.07, 6.45) is 6.94. The lowest BCUT2D eigenvalue weighted by Crippen LogP contribution is -2.34. The first kappa shape index (κ1) is 21.8. The number of hydrogen-bond donors (Lipinski definition) is 2. The molecule has 0 unspecified atom stereocenters. The van der Waals surface area contributed by atoms with Gasteiger partial charge in [0.05, 0.1) is 19.0 Å². The topological polar surface area (TPSA) is 115 Å². The molecule has 168 valence electrons. The van der Waals surface area contributed by atoms with E-state index >= 15 is 0 Å². The Balaban J connectivity index is 1.64. The molecular formula is C22H25N5O4S. The number of sulfonamides is 1. The van der Waals surface area contributed by atoms with Crippen LogP contribution in [0.15, 0.2) is 47.8 Å². The minimum absolute atomic E-state index is 0.000375. The molecule has 4 rings (SSSR count). The van der Waals surface area contributed by atoms with E-state index in [2.05, 4.69) is 20.1 Å². The van der Waals surface area contributed by atoms with Crippen LogP contribution in [0.3, 0.4) is 0 Å². The molecule has 32 heavy (non-hydrogen) atoms. The average molecular weight is 456 g/mol. The summed E-state index contributed by atoms with van der Waals surface area (Å²) in [4.78, 5) is 16.8. The largest absolute Gasteiger partial charge is 0.481 e. The number of carbonyl (C=O) groups excluding carboxylic acids is 1. The molecule has 1 aliphatic rings. The zero-order chi connectivity index (χ0) is 22.9. The van der Waals surface area contributed by atoms with Crippen molar-refractivity contribution in [2.75, 3.05) is 12.4 Å². The molecule has 2 heterocycles. The van der Waals surface area contributed by atoms with Crippen molar-refractivity contribution in [2.45, 2.75) is 44.0 Å². The number of anilines is 1. The van der Waals surface area contributed by atoms with Gasteiger partial charge in [0.1, 0.15) is 4.90 Å². The van der Waals surface area contributed by atoms with E-state index in [0.29, 0.717) is 11.6 Å². The Morgan fingerprint density at radius 1 is 1.22 bits per heavy atom. The van der Waals surface area contributed by atoms with Gasteiger partial charge < -0.3 is 10.1 Å². The molecule has 2 N–H and O–H groups in total. The van der Waals surface area contributed by atoms with Crippen molar-refractivity contribution in [1.29, 1.82) is 0 Å². The minimum Gasteiger partial charge on any atom is -0.481 e. The number of aromatic nitrogens is 3. The van der Waals surface area contributed by atoms with Crippen molar-refractivity contribution in [1.82, 2.24) is 19.5 Å². The fraction of sp³-hybridized carbons (Fsp3) is 0.318. The van der Waals surface area contributed by atoms with Crippen LogP contribution in [-0.2, 0) is 22.9 Å². The van der Waals surface area contributed by atoms with Crippen LogP contribution in [0, 0.1) is 0 Å². The number of benzene rings is 1. The maximum atomic E-state index is 12.8. The number of carbonyl (C=O) groups is 1. The smallest absolute Gasteiger partial charge is 0.333 e. The van der Waals surface area contributed by atoms with Gasteiger partial charge in [0.2, 0.25) is 5.88 Å². The molecule has 0 fully saturated rings. The molecule has 2 amide bonds. The van der Waals surface area contributed by atoms with Crippen LogP contribution in [-0.4, -0.2) is 36.3 Å². The fourth-order valence-electron chi connectivity index (χ4n) is 3.80. The summed E-state index contributed by atoms with van der Waals surface area (Å²) in [5, 5.41) is 6.82. The zero-order valence-corrected chi connectivity index (χ0v) is 18.9. The molecule has 0 saturated carbocycles. The highest BCUT2D eigenvalue weighted by molar-refractivity contribution is 7.90.